The number of halogens is 4. The van der Waals surface area contributed by atoms with Crippen molar-refractivity contribution in [3.8, 4) is 22.6 Å². The average molecular weight is 431 g/mol. The van der Waals surface area contributed by atoms with Gasteiger partial charge in [0.25, 0.3) is 0 Å². The minimum atomic E-state index is -4.53. The van der Waals surface area contributed by atoms with Crippen LogP contribution in [-0.4, -0.2) is 19.6 Å². The van der Waals surface area contributed by atoms with Crippen molar-refractivity contribution >= 4 is 5.69 Å². The van der Waals surface area contributed by atoms with Crippen molar-refractivity contribution < 1.29 is 27.0 Å². The molecule has 3 nitrogen and oxygen atoms in total. The molecule has 1 aliphatic rings. The van der Waals surface area contributed by atoms with Gasteiger partial charge in [0.2, 0.25) is 0 Å². The monoisotopic (exact) mass is 431 g/mol. The first-order valence-corrected chi connectivity index (χ1v) is 9.85. The van der Waals surface area contributed by atoms with Gasteiger partial charge < -0.3 is 14.8 Å². The van der Waals surface area contributed by atoms with Crippen LogP contribution < -0.4 is 14.8 Å². The van der Waals surface area contributed by atoms with Crippen molar-refractivity contribution in [2.75, 3.05) is 12.4 Å². The molecule has 0 fully saturated rings. The summed E-state index contributed by atoms with van der Waals surface area (Å²) in [4.78, 5) is 0. The summed E-state index contributed by atoms with van der Waals surface area (Å²) in [5.74, 6) is 0.481. The van der Waals surface area contributed by atoms with Crippen molar-refractivity contribution in [1.29, 1.82) is 0 Å². The smallest absolute Gasteiger partial charge is 0.461 e. The number of hydrogen-bond donors (Lipinski definition) is 1. The van der Waals surface area contributed by atoms with E-state index in [1.165, 1.54) is 18.2 Å². The number of fused-ring (bicyclic) bond motifs is 1. The second-order valence-corrected chi connectivity index (χ2v) is 7.34. The molecule has 3 aromatic rings. The van der Waals surface area contributed by atoms with Crippen LogP contribution in [0.5, 0.6) is 11.5 Å². The average Bonchev–Trinajstić information content (AvgIpc) is 2.78. The molecule has 31 heavy (non-hydrogen) atoms. The number of benzene rings is 3. The fourth-order valence-electron chi connectivity index (χ4n) is 3.85. The molecule has 0 amide bonds. The Kier molecular flexibility index (Phi) is 5.76. The highest BCUT2D eigenvalue weighted by molar-refractivity contribution is 5.76. The molecule has 0 aliphatic carbocycles. The number of ether oxygens (including phenoxy) is 2. The van der Waals surface area contributed by atoms with E-state index in [1.54, 1.807) is 13.2 Å². The molecule has 0 radical (unpaired) electrons. The molecule has 0 aromatic heterocycles. The van der Waals surface area contributed by atoms with E-state index in [4.69, 9.17) is 4.74 Å². The van der Waals surface area contributed by atoms with E-state index in [2.05, 4.69) is 16.1 Å². The molecule has 0 spiro atoms. The summed E-state index contributed by atoms with van der Waals surface area (Å²) in [6.45, 7) is 0. The number of alkyl halides is 4. The second-order valence-electron chi connectivity index (χ2n) is 7.34. The van der Waals surface area contributed by atoms with Crippen LogP contribution in [0, 0.1) is 0 Å². The molecule has 7 heteroatoms. The van der Waals surface area contributed by atoms with Crippen LogP contribution in [0.2, 0.25) is 0 Å². The van der Waals surface area contributed by atoms with Gasteiger partial charge in [0.1, 0.15) is 11.5 Å². The predicted octanol–water partition coefficient (Wildman–Crippen LogP) is 6.70. The highest BCUT2D eigenvalue weighted by Crippen LogP contribution is 2.39. The van der Waals surface area contributed by atoms with Crippen LogP contribution in [0.1, 0.15) is 23.6 Å². The van der Waals surface area contributed by atoms with Gasteiger partial charge in [-0.15, -0.1) is 0 Å². The van der Waals surface area contributed by atoms with Crippen LogP contribution >= 0.6 is 0 Å². The Morgan fingerprint density at radius 2 is 1.71 bits per heavy atom. The zero-order valence-corrected chi connectivity index (χ0v) is 16.7. The fourth-order valence-corrected chi connectivity index (χ4v) is 3.85. The highest BCUT2D eigenvalue weighted by atomic mass is 19.3. The standard InChI is InChI=1S/C24H21F4NO2/c1-30-17-7-2-5-15(13-17)19-9-4-10-22-20(19)11-12-21(29-22)16-6-3-8-18(14-16)31-24(27,28)23(25)26/h2-10,13-14,21,23,29H,11-12H2,1H3/t21-/m1/s1. The van der Waals surface area contributed by atoms with Gasteiger partial charge in [0.15, 0.2) is 0 Å². The van der Waals surface area contributed by atoms with E-state index in [1.807, 2.05) is 36.4 Å². The summed E-state index contributed by atoms with van der Waals surface area (Å²) in [6.07, 6.45) is -6.95. The molecule has 1 atom stereocenters. The summed E-state index contributed by atoms with van der Waals surface area (Å²) < 4.78 is 61.0. The Balaban J connectivity index is 1.58. The molecular formula is C24H21F4NO2. The molecule has 0 unspecified atom stereocenters. The normalized spacial score (nSPS) is 15.9. The Morgan fingerprint density at radius 3 is 2.48 bits per heavy atom. The maximum Gasteiger partial charge on any atom is 0.461 e. The van der Waals surface area contributed by atoms with Crippen molar-refractivity contribution in [3.05, 3.63) is 77.9 Å². The van der Waals surface area contributed by atoms with E-state index < -0.39 is 12.5 Å². The van der Waals surface area contributed by atoms with Gasteiger partial charge in [-0.05, 0) is 65.4 Å². The van der Waals surface area contributed by atoms with Gasteiger partial charge in [-0.1, -0.05) is 36.4 Å². The van der Waals surface area contributed by atoms with Gasteiger partial charge >= 0.3 is 12.5 Å². The molecule has 3 aromatic carbocycles. The second kappa shape index (κ2) is 8.49. The zero-order valence-electron chi connectivity index (χ0n) is 16.7. The Morgan fingerprint density at radius 1 is 0.968 bits per heavy atom. The van der Waals surface area contributed by atoms with Gasteiger partial charge in [-0.25, -0.2) is 0 Å². The summed E-state index contributed by atoms with van der Waals surface area (Å²) >= 11 is 0. The number of anilines is 1. The fraction of sp³-hybridized carbons (Fsp3) is 0.250. The first-order chi connectivity index (χ1) is 14.9. The summed E-state index contributed by atoms with van der Waals surface area (Å²) in [5.41, 5.74) is 4.93. The molecule has 1 heterocycles. The van der Waals surface area contributed by atoms with E-state index in [9.17, 15) is 17.6 Å². The van der Waals surface area contributed by atoms with Crippen LogP contribution in [0.3, 0.4) is 0 Å². The molecule has 1 aliphatic heterocycles. The van der Waals surface area contributed by atoms with E-state index >= 15 is 0 Å². The third kappa shape index (κ3) is 4.45. The lowest BCUT2D eigenvalue weighted by molar-refractivity contribution is -0.253. The molecular weight excluding hydrogens is 410 g/mol. The molecule has 0 saturated heterocycles. The van der Waals surface area contributed by atoms with Crippen molar-refractivity contribution in [3.63, 3.8) is 0 Å². The zero-order chi connectivity index (χ0) is 22.0. The SMILES string of the molecule is COc1cccc(-c2cccc3c2CC[C@H](c2cccc(OC(F)(F)C(F)F)c2)N3)c1. The molecule has 4 rings (SSSR count). The maximum atomic E-state index is 13.3. The minimum Gasteiger partial charge on any atom is -0.497 e. The van der Waals surface area contributed by atoms with Gasteiger partial charge in [-0.2, -0.15) is 17.6 Å². The van der Waals surface area contributed by atoms with Crippen LogP contribution in [0.15, 0.2) is 66.7 Å². The molecule has 0 bridgehead atoms. The summed E-state index contributed by atoms with van der Waals surface area (Å²) in [7, 11) is 1.63. The van der Waals surface area contributed by atoms with E-state index in [0.717, 1.165) is 34.5 Å². The molecule has 162 valence electrons. The highest BCUT2D eigenvalue weighted by Gasteiger charge is 2.44. The maximum absolute atomic E-state index is 13.3. The van der Waals surface area contributed by atoms with Gasteiger partial charge in [0.05, 0.1) is 13.2 Å². The Bertz CT molecular complexity index is 1070. The van der Waals surface area contributed by atoms with Crippen LogP contribution in [-0.2, 0) is 6.42 Å². The number of rotatable bonds is 6. The number of methoxy groups -OCH3 is 1. The topological polar surface area (TPSA) is 30.5 Å². The van der Waals surface area contributed by atoms with Crippen molar-refractivity contribution in [2.45, 2.75) is 31.4 Å². The lowest BCUT2D eigenvalue weighted by Crippen LogP contribution is -2.33. The molecule has 1 N–H and O–H groups in total. The third-order valence-corrected chi connectivity index (χ3v) is 5.34. The number of hydrogen-bond acceptors (Lipinski definition) is 3. The first-order valence-electron chi connectivity index (χ1n) is 9.85. The van der Waals surface area contributed by atoms with Gasteiger partial charge in [0, 0.05) is 5.69 Å². The van der Waals surface area contributed by atoms with Crippen LogP contribution in [0.4, 0.5) is 23.2 Å². The van der Waals surface area contributed by atoms with Crippen molar-refractivity contribution in [2.24, 2.45) is 0 Å². The largest absolute Gasteiger partial charge is 0.497 e. The Hall–Kier alpha value is -3.22. The van der Waals surface area contributed by atoms with E-state index in [0.29, 0.717) is 12.0 Å². The lowest BCUT2D eigenvalue weighted by Gasteiger charge is -2.29. The van der Waals surface area contributed by atoms with Crippen LogP contribution in [0.25, 0.3) is 11.1 Å². The lowest BCUT2D eigenvalue weighted by atomic mass is 9.88. The van der Waals surface area contributed by atoms with E-state index in [-0.39, 0.29) is 11.8 Å². The summed E-state index contributed by atoms with van der Waals surface area (Å²) in [5, 5.41) is 3.44. The summed E-state index contributed by atoms with van der Waals surface area (Å²) in [6, 6.07) is 19.6. The minimum absolute atomic E-state index is 0.156. The van der Waals surface area contributed by atoms with Gasteiger partial charge in [-0.3, -0.25) is 0 Å². The number of nitrogens with one attached hydrogen (secondary N) is 1. The molecule has 0 saturated carbocycles. The predicted molar refractivity (Wildman–Crippen MR) is 111 cm³/mol. The quantitative estimate of drug-likeness (QED) is 0.441. The van der Waals surface area contributed by atoms with Crippen molar-refractivity contribution in [1.82, 2.24) is 0 Å². The Labute approximate surface area is 177 Å². The third-order valence-electron chi connectivity index (χ3n) is 5.34. The first kappa shape index (κ1) is 21.0.